The van der Waals surface area contributed by atoms with Crippen LogP contribution in [-0.4, -0.2) is 31.2 Å². The van der Waals surface area contributed by atoms with Crippen LogP contribution in [-0.2, 0) is 9.59 Å². The maximum absolute atomic E-state index is 11.6. The van der Waals surface area contributed by atoms with E-state index in [1.807, 2.05) is 36.6 Å². The number of hydrogen-bond donors (Lipinski definition) is 2. The summed E-state index contributed by atoms with van der Waals surface area (Å²) in [6, 6.07) is 9.68. The maximum Gasteiger partial charge on any atom is 0.244 e. The molecule has 1 rings (SSSR count). The molecule has 118 valence electrons. The van der Waals surface area contributed by atoms with Crippen LogP contribution >= 0.6 is 11.8 Å². The van der Waals surface area contributed by atoms with Gasteiger partial charge in [-0.1, -0.05) is 30.3 Å². The highest BCUT2D eigenvalue weighted by molar-refractivity contribution is 8.01. The zero-order valence-electron chi connectivity index (χ0n) is 12.7. The molecule has 22 heavy (non-hydrogen) atoms. The van der Waals surface area contributed by atoms with Crippen molar-refractivity contribution in [2.45, 2.75) is 12.8 Å². The molecular formula is C17H22N2O2S. The Kier molecular flexibility index (Phi) is 9.54. The van der Waals surface area contributed by atoms with E-state index in [0.717, 1.165) is 18.4 Å². The fourth-order valence-electron chi connectivity index (χ4n) is 1.66. The van der Waals surface area contributed by atoms with Gasteiger partial charge in [0.05, 0.1) is 0 Å². The van der Waals surface area contributed by atoms with Gasteiger partial charge in [-0.25, -0.2) is 0 Å². The third kappa shape index (κ3) is 9.02. The van der Waals surface area contributed by atoms with E-state index < -0.39 is 0 Å². The summed E-state index contributed by atoms with van der Waals surface area (Å²) in [7, 11) is 0. The van der Waals surface area contributed by atoms with E-state index in [0.29, 0.717) is 13.1 Å². The van der Waals surface area contributed by atoms with Crippen LogP contribution in [0.4, 0.5) is 0 Å². The molecule has 0 saturated heterocycles. The van der Waals surface area contributed by atoms with Crippen LogP contribution in [0.3, 0.4) is 0 Å². The van der Waals surface area contributed by atoms with Gasteiger partial charge in [0.15, 0.2) is 0 Å². The summed E-state index contributed by atoms with van der Waals surface area (Å²) in [6.45, 7) is 1.22. The van der Waals surface area contributed by atoms with Crippen molar-refractivity contribution in [3.8, 4) is 0 Å². The molecule has 1 aromatic rings. The summed E-state index contributed by atoms with van der Waals surface area (Å²) in [5, 5.41) is 7.35. The second-order valence-electron chi connectivity index (χ2n) is 4.57. The first-order valence-electron chi connectivity index (χ1n) is 7.20. The minimum atomic E-state index is -0.101. The van der Waals surface area contributed by atoms with E-state index in [1.165, 1.54) is 23.9 Å². The van der Waals surface area contributed by atoms with Gasteiger partial charge in [-0.15, -0.1) is 11.8 Å². The number of amides is 2. The first-order chi connectivity index (χ1) is 10.7. The Hall–Kier alpha value is -2.01. The van der Waals surface area contributed by atoms with Crippen molar-refractivity contribution in [1.29, 1.82) is 0 Å². The summed E-state index contributed by atoms with van der Waals surface area (Å²) >= 11 is 1.49. The molecule has 0 bridgehead atoms. The predicted molar refractivity (Wildman–Crippen MR) is 93.4 cm³/mol. The van der Waals surface area contributed by atoms with Gasteiger partial charge in [0.2, 0.25) is 11.8 Å². The molecule has 0 atom stereocenters. The van der Waals surface area contributed by atoms with Crippen molar-refractivity contribution in [3.63, 3.8) is 0 Å². The molecule has 2 amide bonds. The lowest BCUT2D eigenvalue weighted by Gasteiger charge is -2.03. The molecule has 2 N–H and O–H groups in total. The van der Waals surface area contributed by atoms with E-state index in [-0.39, 0.29) is 11.8 Å². The second-order valence-corrected chi connectivity index (χ2v) is 5.32. The van der Waals surface area contributed by atoms with Gasteiger partial charge in [0.25, 0.3) is 0 Å². The molecule has 0 saturated carbocycles. The van der Waals surface area contributed by atoms with Gasteiger partial charge in [-0.05, 0) is 36.1 Å². The monoisotopic (exact) mass is 318 g/mol. The van der Waals surface area contributed by atoms with Crippen molar-refractivity contribution in [2.24, 2.45) is 0 Å². The molecular weight excluding hydrogens is 296 g/mol. The van der Waals surface area contributed by atoms with E-state index in [4.69, 9.17) is 0 Å². The predicted octanol–water partition coefficient (Wildman–Crippen LogP) is 2.59. The fraction of sp³-hybridized carbons (Fsp3) is 0.294. The number of rotatable bonds is 9. The van der Waals surface area contributed by atoms with Crippen LogP contribution in [0.2, 0.25) is 0 Å². The first kappa shape index (κ1) is 18.0. The van der Waals surface area contributed by atoms with Crippen molar-refractivity contribution >= 4 is 29.7 Å². The molecule has 0 spiro atoms. The van der Waals surface area contributed by atoms with Crippen LogP contribution in [0, 0.1) is 0 Å². The maximum atomic E-state index is 11.6. The average molecular weight is 318 g/mol. The van der Waals surface area contributed by atoms with Gasteiger partial charge in [0.1, 0.15) is 0 Å². The van der Waals surface area contributed by atoms with E-state index in [9.17, 15) is 9.59 Å². The van der Waals surface area contributed by atoms with Gasteiger partial charge in [0, 0.05) is 25.2 Å². The lowest BCUT2D eigenvalue weighted by molar-refractivity contribution is -0.117. The minimum Gasteiger partial charge on any atom is -0.353 e. The summed E-state index contributed by atoms with van der Waals surface area (Å²) in [5.41, 5.74) is 0.999. The van der Waals surface area contributed by atoms with E-state index in [2.05, 4.69) is 10.6 Å². The quantitative estimate of drug-likeness (QED) is 0.543. The van der Waals surface area contributed by atoms with Crippen LogP contribution in [0.5, 0.6) is 0 Å². The Balaban J connectivity index is 2.07. The Bertz CT molecular complexity index is 513. The van der Waals surface area contributed by atoms with Crippen LogP contribution in [0.25, 0.3) is 6.08 Å². The molecule has 1 aromatic carbocycles. The Morgan fingerprint density at radius 1 is 1.00 bits per heavy atom. The smallest absolute Gasteiger partial charge is 0.244 e. The zero-order valence-corrected chi connectivity index (χ0v) is 13.6. The van der Waals surface area contributed by atoms with Gasteiger partial charge < -0.3 is 10.6 Å². The number of carbonyl (C=O) groups excluding carboxylic acids is 2. The third-order valence-corrected chi connectivity index (χ3v) is 3.19. The first-order valence-corrected chi connectivity index (χ1v) is 8.49. The highest BCUT2D eigenvalue weighted by Gasteiger charge is 1.96. The Morgan fingerprint density at radius 2 is 1.59 bits per heavy atom. The molecule has 0 aromatic heterocycles. The van der Waals surface area contributed by atoms with E-state index in [1.54, 1.807) is 11.5 Å². The summed E-state index contributed by atoms with van der Waals surface area (Å²) < 4.78 is 0. The van der Waals surface area contributed by atoms with Crippen molar-refractivity contribution in [3.05, 3.63) is 53.5 Å². The second kappa shape index (κ2) is 11.6. The van der Waals surface area contributed by atoms with Crippen molar-refractivity contribution < 1.29 is 9.59 Å². The van der Waals surface area contributed by atoms with E-state index >= 15 is 0 Å². The van der Waals surface area contributed by atoms with Crippen LogP contribution in [0.15, 0.2) is 47.9 Å². The Morgan fingerprint density at radius 3 is 2.18 bits per heavy atom. The van der Waals surface area contributed by atoms with Gasteiger partial charge in [-0.3, -0.25) is 9.59 Å². The molecule has 4 nitrogen and oxygen atoms in total. The number of unbranched alkanes of at least 4 members (excludes halogenated alkanes) is 1. The summed E-state index contributed by atoms with van der Waals surface area (Å²) in [5.74, 6) is -0.181. The average Bonchev–Trinajstić information content (AvgIpc) is 2.55. The van der Waals surface area contributed by atoms with Gasteiger partial charge in [-0.2, -0.15) is 0 Å². The molecule has 0 aliphatic carbocycles. The van der Waals surface area contributed by atoms with Crippen molar-refractivity contribution in [1.82, 2.24) is 10.6 Å². The van der Waals surface area contributed by atoms with Crippen LogP contribution in [0.1, 0.15) is 18.4 Å². The largest absolute Gasteiger partial charge is 0.353 e. The normalized spacial score (nSPS) is 11.0. The topological polar surface area (TPSA) is 58.2 Å². The molecule has 0 fully saturated rings. The SMILES string of the molecule is CSC=CC(=O)NCCCCNC(=O)C=Cc1ccccc1. The lowest BCUT2D eigenvalue weighted by atomic mass is 10.2. The molecule has 0 aliphatic heterocycles. The van der Waals surface area contributed by atoms with Crippen molar-refractivity contribution in [2.75, 3.05) is 19.3 Å². The number of thioether (sulfide) groups is 1. The lowest BCUT2D eigenvalue weighted by Crippen LogP contribution is -2.25. The summed E-state index contributed by atoms with van der Waals surface area (Å²) in [4.78, 5) is 22.9. The minimum absolute atomic E-state index is 0.0795. The molecule has 0 heterocycles. The number of hydrogen-bond acceptors (Lipinski definition) is 3. The fourth-order valence-corrected chi connectivity index (χ4v) is 1.92. The highest BCUT2D eigenvalue weighted by Crippen LogP contribution is 2.00. The van der Waals surface area contributed by atoms with Gasteiger partial charge >= 0.3 is 0 Å². The standard InChI is InChI=1S/C17H22N2O2S/c1-22-14-11-17(21)19-13-6-5-12-18-16(20)10-9-15-7-3-2-4-8-15/h2-4,7-11,14H,5-6,12-13H2,1H3,(H,18,20)(H,19,21). The molecule has 5 heteroatoms. The third-order valence-electron chi connectivity index (χ3n) is 2.78. The number of nitrogens with one attached hydrogen (secondary N) is 2. The summed E-state index contributed by atoms with van der Waals surface area (Å²) in [6.07, 6.45) is 8.40. The Labute approximate surface area is 136 Å². The van der Waals surface area contributed by atoms with Crippen LogP contribution < -0.4 is 10.6 Å². The highest BCUT2D eigenvalue weighted by atomic mass is 32.2. The molecule has 0 aliphatic rings. The molecule has 0 unspecified atom stereocenters. The molecule has 0 radical (unpaired) electrons. The zero-order chi connectivity index (χ0) is 16.0. The number of carbonyl (C=O) groups is 2. The number of benzene rings is 1.